The van der Waals surface area contributed by atoms with Crippen LogP contribution >= 0.6 is 0 Å². The summed E-state index contributed by atoms with van der Waals surface area (Å²) in [5.74, 6) is 1.08. The van der Waals surface area contributed by atoms with E-state index < -0.39 is 0 Å². The molecule has 4 nitrogen and oxygen atoms in total. The SMILES string of the molecule is COc1cccc([C@@H](C)NC(=O)CC(N)C(C)C)c1. The standard InChI is InChI=1S/C15H24N2O2/c1-10(2)14(16)9-15(18)17-11(3)12-6-5-7-13(8-12)19-4/h5-8,10-11,14H,9,16H2,1-4H3,(H,17,18)/t11-,14?/m1/s1. The second kappa shape index (κ2) is 7.14. The molecule has 0 heterocycles. The highest BCUT2D eigenvalue weighted by Crippen LogP contribution is 2.18. The summed E-state index contributed by atoms with van der Waals surface area (Å²) in [6, 6.07) is 7.53. The molecule has 3 N–H and O–H groups in total. The van der Waals surface area contributed by atoms with Crippen LogP contribution in [0.15, 0.2) is 24.3 Å². The van der Waals surface area contributed by atoms with Crippen LogP contribution < -0.4 is 15.8 Å². The molecule has 19 heavy (non-hydrogen) atoms. The van der Waals surface area contributed by atoms with Gasteiger partial charge in [0, 0.05) is 12.5 Å². The minimum Gasteiger partial charge on any atom is -0.497 e. The fourth-order valence-electron chi connectivity index (χ4n) is 1.74. The van der Waals surface area contributed by atoms with Gasteiger partial charge in [-0.3, -0.25) is 4.79 Å². The molecule has 0 saturated carbocycles. The highest BCUT2D eigenvalue weighted by molar-refractivity contribution is 5.77. The summed E-state index contributed by atoms with van der Waals surface area (Å²) in [6.07, 6.45) is 0.353. The Hall–Kier alpha value is -1.55. The predicted octanol–water partition coefficient (Wildman–Crippen LogP) is 2.25. The van der Waals surface area contributed by atoms with E-state index in [2.05, 4.69) is 5.32 Å². The zero-order valence-electron chi connectivity index (χ0n) is 12.1. The molecule has 1 unspecified atom stereocenters. The van der Waals surface area contributed by atoms with Gasteiger partial charge >= 0.3 is 0 Å². The van der Waals surface area contributed by atoms with Gasteiger partial charge in [0.05, 0.1) is 13.2 Å². The van der Waals surface area contributed by atoms with Crippen LogP contribution in [-0.4, -0.2) is 19.1 Å². The number of hydrogen-bond donors (Lipinski definition) is 2. The number of nitrogens with two attached hydrogens (primary N) is 1. The van der Waals surface area contributed by atoms with Crippen molar-refractivity contribution >= 4 is 5.91 Å². The number of benzene rings is 1. The van der Waals surface area contributed by atoms with E-state index in [9.17, 15) is 4.79 Å². The highest BCUT2D eigenvalue weighted by atomic mass is 16.5. The van der Waals surface area contributed by atoms with Gasteiger partial charge in [-0.05, 0) is 30.5 Å². The van der Waals surface area contributed by atoms with E-state index in [1.165, 1.54) is 0 Å². The average Bonchev–Trinajstić information content (AvgIpc) is 2.38. The molecule has 0 aliphatic heterocycles. The van der Waals surface area contributed by atoms with Crippen molar-refractivity contribution < 1.29 is 9.53 Å². The Balaban J connectivity index is 2.58. The molecule has 1 rings (SSSR count). The largest absolute Gasteiger partial charge is 0.497 e. The Kier molecular flexibility index (Phi) is 5.83. The molecule has 1 amide bonds. The summed E-state index contributed by atoms with van der Waals surface area (Å²) in [5, 5.41) is 2.96. The lowest BCUT2D eigenvalue weighted by atomic mass is 10.0. The topological polar surface area (TPSA) is 64.3 Å². The summed E-state index contributed by atoms with van der Waals surface area (Å²) < 4.78 is 5.17. The molecule has 106 valence electrons. The molecule has 0 radical (unpaired) electrons. The Morgan fingerprint density at radius 2 is 2.05 bits per heavy atom. The first-order chi connectivity index (χ1) is 8.93. The number of ether oxygens (including phenoxy) is 1. The number of amides is 1. The van der Waals surface area contributed by atoms with Gasteiger partial charge < -0.3 is 15.8 Å². The van der Waals surface area contributed by atoms with Crippen molar-refractivity contribution in [3.63, 3.8) is 0 Å². The van der Waals surface area contributed by atoms with Gasteiger partial charge in [0.15, 0.2) is 0 Å². The van der Waals surface area contributed by atoms with E-state index in [-0.39, 0.29) is 18.0 Å². The van der Waals surface area contributed by atoms with Crippen LogP contribution in [0, 0.1) is 5.92 Å². The molecule has 1 aromatic rings. The molecule has 0 aliphatic rings. The molecule has 2 atom stereocenters. The van der Waals surface area contributed by atoms with Crippen molar-refractivity contribution in [1.29, 1.82) is 0 Å². The van der Waals surface area contributed by atoms with Crippen molar-refractivity contribution in [3.05, 3.63) is 29.8 Å². The minimum atomic E-state index is -0.0995. The first kappa shape index (κ1) is 15.5. The van der Waals surface area contributed by atoms with Crippen molar-refractivity contribution in [2.24, 2.45) is 11.7 Å². The first-order valence-electron chi connectivity index (χ1n) is 6.63. The summed E-state index contributed by atoms with van der Waals surface area (Å²) in [4.78, 5) is 11.9. The Labute approximate surface area is 115 Å². The molecule has 0 aromatic heterocycles. The van der Waals surface area contributed by atoms with Crippen LogP contribution in [0.2, 0.25) is 0 Å². The van der Waals surface area contributed by atoms with Gasteiger partial charge in [0.2, 0.25) is 5.91 Å². The zero-order chi connectivity index (χ0) is 14.4. The number of methoxy groups -OCH3 is 1. The second-order valence-corrected chi connectivity index (χ2v) is 5.18. The summed E-state index contributed by atoms with van der Waals surface area (Å²) in [6.45, 7) is 5.99. The molecular weight excluding hydrogens is 240 g/mol. The highest BCUT2D eigenvalue weighted by Gasteiger charge is 2.15. The fraction of sp³-hybridized carbons (Fsp3) is 0.533. The lowest BCUT2D eigenvalue weighted by molar-refractivity contribution is -0.122. The molecule has 0 bridgehead atoms. The Bertz CT molecular complexity index is 418. The van der Waals surface area contributed by atoms with Gasteiger partial charge in [-0.15, -0.1) is 0 Å². The number of nitrogens with one attached hydrogen (secondary N) is 1. The van der Waals surface area contributed by atoms with Crippen molar-refractivity contribution in [3.8, 4) is 5.75 Å². The fourth-order valence-corrected chi connectivity index (χ4v) is 1.74. The van der Waals surface area contributed by atoms with Crippen LogP contribution in [0.3, 0.4) is 0 Å². The van der Waals surface area contributed by atoms with Gasteiger partial charge in [-0.2, -0.15) is 0 Å². The van der Waals surface area contributed by atoms with Gasteiger partial charge in [0.1, 0.15) is 5.75 Å². The molecule has 0 aliphatic carbocycles. The summed E-state index contributed by atoms with van der Waals surface area (Å²) in [7, 11) is 1.63. The number of carbonyl (C=O) groups is 1. The van der Waals surface area contributed by atoms with Crippen LogP contribution in [0.1, 0.15) is 38.8 Å². The van der Waals surface area contributed by atoms with E-state index in [0.717, 1.165) is 11.3 Å². The van der Waals surface area contributed by atoms with Crippen molar-refractivity contribution in [2.75, 3.05) is 7.11 Å². The third-order valence-corrected chi connectivity index (χ3v) is 3.25. The third-order valence-electron chi connectivity index (χ3n) is 3.25. The Morgan fingerprint density at radius 3 is 2.63 bits per heavy atom. The van der Waals surface area contributed by atoms with Crippen molar-refractivity contribution in [1.82, 2.24) is 5.32 Å². The normalized spacial score (nSPS) is 14.0. The summed E-state index contributed by atoms with van der Waals surface area (Å²) >= 11 is 0. The van der Waals surface area contributed by atoms with Crippen LogP contribution in [0.4, 0.5) is 0 Å². The molecule has 0 saturated heterocycles. The lowest BCUT2D eigenvalue weighted by Gasteiger charge is -2.19. The van der Waals surface area contributed by atoms with E-state index in [0.29, 0.717) is 12.3 Å². The number of hydrogen-bond acceptors (Lipinski definition) is 3. The van der Waals surface area contributed by atoms with Crippen LogP contribution in [0.5, 0.6) is 5.75 Å². The predicted molar refractivity (Wildman–Crippen MR) is 77.0 cm³/mol. The first-order valence-corrected chi connectivity index (χ1v) is 6.63. The number of rotatable bonds is 6. The lowest BCUT2D eigenvalue weighted by Crippen LogP contribution is -2.35. The molecule has 0 fully saturated rings. The Morgan fingerprint density at radius 1 is 1.37 bits per heavy atom. The third kappa shape index (κ3) is 4.91. The van der Waals surface area contributed by atoms with Crippen molar-refractivity contribution in [2.45, 2.75) is 39.3 Å². The number of carbonyl (C=O) groups excluding carboxylic acids is 1. The molecule has 1 aromatic carbocycles. The van der Waals surface area contributed by atoms with E-state index in [1.807, 2.05) is 45.0 Å². The second-order valence-electron chi connectivity index (χ2n) is 5.18. The average molecular weight is 264 g/mol. The van der Waals surface area contributed by atoms with E-state index in [4.69, 9.17) is 10.5 Å². The maximum atomic E-state index is 11.9. The van der Waals surface area contributed by atoms with Crippen LogP contribution in [0.25, 0.3) is 0 Å². The smallest absolute Gasteiger partial charge is 0.222 e. The van der Waals surface area contributed by atoms with Gasteiger partial charge in [-0.1, -0.05) is 26.0 Å². The molecular formula is C15H24N2O2. The minimum absolute atomic E-state index is 0.0171. The van der Waals surface area contributed by atoms with Gasteiger partial charge in [-0.25, -0.2) is 0 Å². The maximum absolute atomic E-state index is 11.9. The monoisotopic (exact) mass is 264 g/mol. The summed E-state index contributed by atoms with van der Waals surface area (Å²) in [5.41, 5.74) is 6.92. The zero-order valence-corrected chi connectivity index (χ0v) is 12.1. The maximum Gasteiger partial charge on any atom is 0.222 e. The quantitative estimate of drug-likeness (QED) is 0.828. The molecule has 4 heteroatoms. The van der Waals surface area contributed by atoms with Gasteiger partial charge in [0.25, 0.3) is 0 Å². The van der Waals surface area contributed by atoms with E-state index >= 15 is 0 Å². The molecule has 0 spiro atoms. The van der Waals surface area contributed by atoms with E-state index in [1.54, 1.807) is 7.11 Å². The van der Waals surface area contributed by atoms with Crippen LogP contribution in [-0.2, 0) is 4.79 Å².